The maximum absolute atomic E-state index is 13.1. The second kappa shape index (κ2) is 7.93. The SMILES string of the molecule is CN(C)C(=O)N1CCC[C@H](C(=O)N2CCC(n3c(=O)[nH]c4ccccc43)CC2)C1. The number of urea groups is 1. The van der Waals surface area contributed by atoms with E-state index in [9.17, 15) is 14.4 Å². The largest absolute Gasteiger partial charge is 0.342 e. The van der Waals surface area contributed by atoms with Crippen LogP contribution in [0.25, 0.3) is 11.0 Å². The van der Waals surface area contributed by atoms with Crippen LogP contribution in [0, 0.1) is 5.92 Å². The molecule has 2 aliphatic rings. The van der Waals surface area contributed by atoms with Crippen molar-refractivity contribution in [2.24, 2.45) is 5.92 Å². The number of hydrogen-bond donors (Lipinski definition) is 1. The lowest BCUT2D eigenvalue weighted by molar-refractivity contribution is -0.138. The Kier molecular flexibility index (Phi) is 5.34. The standard InChI is InChI=1S/C21H29N5O3/c1-23(2)21(29)25-11-5-6-15(14-25)19(27)24-12-9-16(10-13-24)26-18-8-4-3-7-17(18)22-20(26)28/h3-4,7-8,15-16H,5-6,9-14H2,1-2H3,(H,22,28)/t15-/m0/s1. The second-order valence-corrected chi connectivity index (χ2v) is 8.34. The molecule has 2 aromatic rings. The Balaban J connectivity index is 1.40. The fourth-order valence-corrected chi connectivity index (χ4v) is 4.67. The summed E-state index contributed by atoms with van der Waals surface area (Å²) in [6.45, 7) is 2.51. The molecule has 0 aliphatic carbocycles. The molecule has 3 heterocycles. The lowest BCUT2D eigenvalue weighted by Crippen LogP contribution is -2.50. The topological polar surface area (TPSA) is 81.7 Å². The van der Waals surface area contributed by atoms with Gasteiger partial charge < -0.3 is 19.7 Å². The lowest BCUT2D eigenvalue weighted by atomic mass is 9.95. The molecule has 1 aromatic heterocycles. The van der Waals surface area contributed by atoms with Crippen LogP contribution in [0.15, 0.2) is 29.1 Å². The van der Waals surface area contributed by atoms with Crippen molar-refractivity contribution < 1.29 is 9.59 Å². The average Bonchev–Trinajstić information content (AvgIpc) is 3.08. The van der Waals surface area contributed by atoms with Crippen molar-refractivity contribution in [1.82, 2.24) is 24.3 Å². The summed E-state index contributed by atoms with van der Waals surface area (Å²) in [7, 11) is 3.48. The van der Waals surface area contributed by atoms with E-state index in [0.29, 0.717) is 26.2 Å². The molecule has 2 saturated heterocycles. The number of hydrogen-bond acceptors (Lipinski definition) is 3. The van der Waals surface area contributed by atoms with Gasteiger partial charge in [-0.15, -0.1) is 0 Å². The average molecular weight is 399 g/mol. The van der Waals surface area contributed by atoms with Crippen LogP contribution in [-0.2, 0) is 4.79 Å². The summed E-state index contributed by atoms with van der Waals surface area (Å²) in [5.74, 6) is 0.0194. The highest BCUT2D eigenvalue weighted by atomic mass is 16.2. The number of imidazole rings is 1. The Bertz CT molecular complexity index is 955. The van der Waals surface area contributed by atoms with E-state index >= 15 is 0 Å². The molecule has 156 valence electrons. The molecule has 2 fully saturated rings. The van der Waals surface area contributed by atoms with Crippen LogP contribution >= 0.6 is 0 Å². The number of fused-ring (bicyclic) bond motifs is 1. The first-order chi connectivity index (χ1) is 14.0. The summed E-state index contributed by atoms with van der Waals surface area (Å²) in [5, 5.41) is 0. The third kappa shape index (κ3) is 3.75. The maximum Gasteiger partial charge on any atom is 0.326 e. The van der Waals surface area contributed by atoms with Gasteiger partial charge in [-0.05, 0) is 37.8 Å². The van der Waals surface area contributed by atoms with Crippen molar-refractivity contribution in [3.8, 4) is 0 Å². The molecule has 0 bridgehead atoms. The quantitative estimate of drug-likeness (QED) is 0.837. The predicted molar refractivity (Wildman–Crippen MR) is 111 cm³/mol. The molecule has 0 radical (unpaired) electrons. The van der Waals surface area contributed by atoms with E-state index in [1.165, 1.54) is 0 Å². The van der Waals surface area contributed by atoms with Gasteiger partial charge in [0.05, 0.1) is 17.0 Å². The van der Waals surface area contributed by atoms with Crippen LogP contribution in [0.2, 0.25) is 0 Å². The first-order valence-electron chi connectivity index (χ1n) is 10.4. The van der Waals surface area contributed by atoms with Gasteiger partial charge in [-0.1, -0.05) is 12.1 Å². The van der Waals surface area contributed by atoms with Crippen molar-refractivity contribution in [3.05, 3.63) is 34.7 Å². The molecule has 0 unspecified atom stereocenters. The summed E-state index contributed by atoms with van der Waals surface area (Å²) in [6, 6.07) is 7.80. The van der Waals surface area contributed by atoms with Gasteiger partial charge in [0.1, 0.15) is 0 Å². The van der Waals surface area contributed by atoms with Crippen LogP contribution in [0.1, 0.15) is 31.7 Å². The summed E-state index contributed by atoms with van der Waals surface area (Å²) in [6.07, 6.45) is 3.22. The summed E-state index contributed by atoms with van der Waals surface area (Å²) in [5.41, 5.74) is 1.69. The Labute approximate surface area is 170 Å². The predicted octanol–water partition coefficient (Wildman–Crippen LogP) is 1.89. The minimum Gasteiger partial charge on any atom is -0.342 e. The number of aromatic nitrogens is 2. The molecule has 1 aromatic carbocycles. The maximum atomic E-state index is 13.1. The minimum absolute atomic E-state index is 0.0279. The Morgan fingerprint density at radius 3 is 2.48 bits per heavy atom. The number of amides is 3. The van der Waals surface area contributed by atoms with Gasteiger partial charge in [0, 0.05) is 46.3 Å². The van der Waals surface area contributed by atoms with Gasteiger partial charge in [0.15, 0.2) is 0 Å². The summed E-state index contributed by atoms with van der Waals surface area (Å²) >= 11 is 0. The Morgan fingerprint density at radius 2 is 1.76 bits per heavy atom. The Hall–Kier alpha value is -2.77. The molecule has 8 heteroatoms. The number of H-pyrrole nitrogens is 1. The van der Waals surface area contributed by atoms with Crippen molar-refractivity contribution in [2.45, 2.75) is 31.7 Å². The van der Waals surface area contributed by atoms with Gasteiger partial charge in [0.2, 0.25) is 5.91 Å². The monoisotopic (exact) mass is 399 g/mol. The highest BCUT2D eigenvalue weighted by molar-refractivity contribution is 5.81. The fourth-order valence-electron chi connectivity index (χ4n) is 4.67. The number of rotatable bonds is 2. The number of carbonyl (C=O) groups is 2. The van der Waals surface area contributed by atoms with Crippen molar-refractivity contribution in [2.75, 3.05) is 40.3 Å². The number of benzene rings is 1. The first kappa shape index (κ1) is 19.5. The van der Waals surface area contributed by atoms with Gasteiger partial charge in [-0.3, -0.25) is 9.36 Å². The zero-order valence-electron chi connectivity index (χ0n) is 17.1. The number of likely N-dealkylation sites (tertiary alicyclic amines) is 2. The van der Waals surface area contributed by atoms with E-state index in [-0.39, 0.29) is 29.6 Å². The molecular weight excluding hydrogens is 370 g/mol. The minimum atomic E-state index is -0.125. The lowest BCUT2D eigenvalue weighted by Gasteiger charge is -2.38. The van der Waals surface area contributed by atoms with E-state index in [1.807, 2.05) is 33.7 Å². The third-order valence-electron chi connectivity index (χ3n) is 6.19. The molecule has 0 spiro atoms. The first-order valence-corrected chi connectivity index (χ1v) is 10.4. The number of aromatic amines is 1. The van der Waals surface area contributed by atoms with Gasteiger partial charge >= 0.3 is 11.7 Å². The van der Waals surface area contributed by atoms with E-state index in [4.69, 9.17) is 0 Å². The summed E-state index contributed by atoms with van der Waals surface area (Å²) < 4.78 is 1.84. The summed E-state index contributed by atoms with van der Waals surface area (Å²) in [4.78, 5) is 45.9. The number of para-hydroxylation sites is 2. The molecule has 8 nitrogen and oxygen atoms in total. The fraction of sp³-hybridized carbons (Fsp3) is 0.571. The number of carbonyl (C=O) groups excluding carboxylic acids is 2. The molecule has 0 saturated carbocycles. The van der Waals surface area contributed by atoms with Crippen molar-refractivity contribution in [3.63, 3.8) is 0 Å². The van der Waals surface area contributed by atoms with Crippen molar-refractivity contribution >= 4 is 23.0 Å². The van der Waals surface area contributed by atoms with Gasteiger partial charge in [-0.25, -0.2) is 9.59 Å². The molecule has 29 heavy (non-hydrogen) atoms. The van der Waals surface area contributed by atoms with Crippen LogP contribution in [0.5, 0.6) is 0 Å². The Morgan fingerprint density at radius 1 is 1.03 bits per heavy atom. The highest BCUT2D eigenvalue weighted by Gasteiger charge is 2.34. The van der Waals surface area contributed by atoms with Crippen LogP contribution in [-0.4, -0.2) is 76.5 Å². The molecule has 1 atom stereocenters. The van der Waals surface area contributed by atoms with Crippen LogP contribution < -0.4 is 5.69 Å². The smallest absolute Gasteiger partial charge is 0.326 e. The van der Waals surface area contributed by atoms with E-state index < -0.39 is 0 Å². The van der Waals surface area contributed by atoms with E-state index in [2.05, 4.69) is 4.98 Å². The van der Waals surface area contributed by atoms with Crippen LogP contribution in [0.3, 0.4) is 0 Å². The molecule has 2 aliphatic heterocycles. The number of nitrogens with one attached hydrogen (secondary N) is 1. The molecular formula is C21H29N5O3. The molecule has 4 rings (SSSR count). The number of piperidine rings is 2. The van der Waals surface area contributed by atoms with Crippen molar-refractivity contribution in [1.29, 1.82) is 0 Å². The second-order valence-electron chi connectivity index (χ2n) is 8.34. The zero-order valence-corrected chi connectivity index (χ0v) is 17.1. The molecule has 3 amide bonds. The normalized spacial score (nSPS) is 20.8. The molecule has 1 N–H and O–H groups in total. The van der Waals surface area contributed by atoms with Gasteiger partial charge in [0.25, 0.3) is 0 Å². The van der Waals surface area contributed by atoms with Crippen LogP contribution in [0.4, 0.5) is 4.79 Å². The zero-order chi connectivity index (χ0) is 20.5. The van der Waals surface area contributed by atoms with Gasteiger partial charge in [-0.2, -0.15) is 0 Å². The highest BCUT2D eigenvalue weighted by Crippen LogP contribution is 2.27. The van der Waals surface area contributed by atoms with E-state index in [0.717, 1.165) is 36.7 Å². The third-order valence-corrected chi connectivity index (χ3v) is 6.19. The van der Waals surface area contributed by atoms with E-state index in [1.54, 1.807) is 23.9 Å². The number of nitrogens with zero attached hydrogens (tertiary/aromatic N) is 4.